The highest BCUT2D eigenvalue weighted by atomic mass is 16.5. The minimum absolute atomic E-state index is 0.0341. The number of hydrazone groups is 1. The number of rotatable bonds is 7. The summed E-state index contributed by atoms with van der Waals surface area (Å²) in [5, 5.41) is 6.65. The van der Waals surface area contributed by atoms with E-state index in [0.29, 0.717) is 11.3 Å². The zero-order chi connectivity index (χ0) is 18.1. The zero-order valence-electron chi connectivity index (χ0n) is 14.1. The maximum absolute atomic E-state index is 11.8. The number of nitrogens with one attached hydrogen (secondary N) is 2. The molecule has 1 aromatic heterocycles. The van der Waals surface area contributed by atoms with Crippen LogP contribution in [0.2, 0.25) is 0 Å². The number of pyridine rings is 1. The molecule has 2 N–H and O–H groups in total. The lowest BCUT2D eigenvalue weighted by molar-refractivity contribution is -0.123. The van der Waals surface area contributed by atoms with Crippen molar-refractivity contribution in [2.24, 2.45) is 5.10 Å². The van der Waals surface area contributed by atoms with Gasteiger partial charge in [0.15, 0.2) is 6.61 Å². The Morgan fingerprint density at radius 2 is 1.84 bits per heavy atom. The molecule has 130 valence electrons. The summed E-state index contributed by atoms with van der Waals surface area (Å²) >= 11 is 0. The first kappa shape index (κ1) is 18.1. The lowest BCUT2D eigenvalue weighted by Crippen LogP contribution is -2.34. The fourth-order valence-corrected chi connectivity index (χ4v) is 1.90. The number of amides is 2. The van der Waals surface area contributed by atoms with Crippen LogP contribution in [0.5, 0.6) is 5.75 Å². The Balaban J connectivity index is 1.81. The Morgan fingerprint density at radius 3 is 2.48 bits per heavy atom. The molecule has 0 aliphatic rings. The van der Waals surface area contributed by atoms with Crippen LogP contribution in [-0.4, -0.2) is 35.7 Å². The van der Waals surface area contributed by atoms with Crippen LogP contribution in [0.25, 0.3) is 0 Å². The van der Waals surface area contributed by atoms with Gasteiger partial charge < -0.3 is 10.1 Å². The molecule has 25 heavy (non-hydrogen) atoms. The largest absolute Gasteiger partial charge is 0.484 e. The first-order valence-corrected chi connectivity index (χ1v) is 7.80. The summed E-state index contributed by atoms with van der Waals surface area (Å²) in [5.41, 5.74) is 3.71. The minimum atomic E-state index is -0.310. The SMILES string of the molecule is CC(C)NC(=O)COc1ccc(C=NNC(=O)c2ccncc2)cc1. The van der Waals surface area contributed by atoms with Crippen molar-refractivity contribution >= 4 is 18.0 Å². The molecule has 0 spiro atoms. The van der Waals surface area contributed by atoms with E-state index in [2.05, 4.69) is 20.8 Å². The number of hydrogen-bond donors (Lipinski definition) is 2. The first-order valence-electron chi connectivity index (χ1n) is 7.80. The van der Waals surface area contributed by atoms with Gasteiger partial charge in [0.1, 0.15) is 5.75 Å². The molecule has 2 amide bonds. The van der Waals surface area contributed by atoms with Crippen molar-refractivity contribution in [3.05, 3.63) is 59.9 Å². The van der Waals surface area contributed by atoms with Crippen molar-refractivity contribution in [2.75, 3.05) is 6.61 Å². The fourth-order valence-electron chi connectivity index (χ4n) is 1.90. The average Bonchev–Trinajstić information content (AvgIpc) is 2.61. The summed E-state index contributed by atoms with van der Waals surface area (Å²) < 4.78 is 5.39. The smallest absolute Gasteiger partial charge is 0.271 e. The van der Waals surface area contributed by atoms with Gasteiger partial charge in [0.25, 0.3) is 11.8 Å². The summed E-state index contributed by atoms with van der Waals surface area (Å²) in [6, 6.07) is 10.3. The lowest BCUT2D eigenvalue weighted by atomic mass is 10.2. The molecular weight excluding hydrogens is 320 g/mol. The standard InChI is InChI=1S/C18H20N4O3/c1-13(2)21-17(23)12-25-16-5-3-14(4-6-16)11-20-22-18(24)15-7-9-19-10-8-15/h3-11,13H,12H2,1-2H3,(H,21,23)(H,22,24). The Bertz CT molecular complexity index is 728. The number of hydrogen-bond acceptors (Lipinski definition) is 5. The Hall–Kier alpha value is -3.22. The molecule has 2 rings (SSSR count). The topological polar surface area (TPSA) is 92.7 Å². The highest BCUT2D eigenvalue weighted by Gasteiger charge is 2.04. The Labute approximate surface area is 146 Å². The molecule has 0 fully saturated rings. The van der Waals surface area contributed by atoms with E-state index in [0.717, 1.165) is 5.56 Å². The lowest BCUT2D eigenvalue weighted by Gasteiger charge is -2.09. The van der Waals surface area contributed by atoms with Gasteiger partial charge >= 0.3 is 0 Å². The van der Waals surface area contributed by atoms with Gasteiger partial charge in [0.05, 0.1) is 6.21 Å². The average molecular weight is 340 g/mol. The Kier molecular flexibility index (Phi) is 6.65. The normalized spacial score (nSPS) is 10.7. The zero-order valence-corrected chi connectivity index (χ0v) is 14.1. The number of aromatic nitrogens is 1. The number of carbonyl (C=O) groups is 2. The van der Waals surface area contributed by atoms with Crippen molar-refractivity contribution in [3.8, 4) is 5.75 Å². The molecule has 0 saturated heterocycles. The van der Waals surface area contributed by atoms with E-state index < -0.39 is 0 Å². The van der Waals surface area contributed by atoms with Crippen molar-refractivity contribution < 1.29 is 14.3 Å². The van der Waals surface area contributed by atoms with Crippen molar-refractivity contribution in [1.82, 2.24) is 15.7 Å². The maximum atomic E-state index is 11.8. The van der Waals surface area contributed by atoms with Crippen molar-refractivity contribution in [2.45, 2.75) is 19.9 Å². The van der Waals surface area contributed by atoms with Gasteiger partial charge in [-0.25, -0.2) is 5.43 Å². The third kappa shape index (κ3) is 6.42. The molecule has 7 nitrogen and oxygen atoms in total. The highest BCUT2D eigenvalue weighted by molar-refractivity contribution is 5.94. The third-order valence-corrected chi connectivity index (χ3v) is 3.02. The number of benzene rings is 1. The highest BCUT2D eigenvalue weighted by Crippen LogP contribution is 2.10. The van der Waals surface area contributed by atoms with Gasteiger partial charge in [0.2, 0.25) is 0 Å². The van der Waals surface area contributed by atoms with Crippen LogP contribution in [0.3, 0.4) is 0 Å². The van der Waals surface area contributed by atoms with Crippen LogP contribution in [0.1, 0.15) is 29.8 Å². The summed E-state index contributed by atoms with van der Waals surface area (Å²) in [4.78, 5) is 27.2. The second-order valence-corrected chi connectivity index (χ2v) is 5.51. The van der Waals surface area contributed by atoms with Crippen molar-refractivity contribution in [1.29, 1.82) is 0 Å². The van der Waals surface area contributed by atoms with E-state index >= 15 is 0 Å². The Morgan fingerprint density at radius 1 is 1.16 bits per heavy atom. The third-order valence-electron chi connectivity index (χ3n) is 3.02. The second-order valence-electron chi connectivity index (χ2n) is 5.51. The van der Waals surface area contributed by atoms with Crippen LogP contribution in [0, 0.1) is 0 Å². The number of nitrogens with zero attached hydrogens (tertiary/aromatic N) is 2. The summed E-state index contributed by atoms with van der Waals surface area (Å²) in [6.45, 7) is 3.74. The van der Waals surface area contributed by atoms with Crippen LogP contribution in [0.4, 0.5) is 0 Å². The molecule has 0 saturated carbocycles. The van der Waals surface area contributed by atoms with Gasteiger partial charge in [-0.3, -0.25) is 14.6 Å². The summed E-state index contributed by atoms with van der Waals surface area (Å²) in [5.74, 6) is 0.103. The predicted octanol–water partition coefficient (Wildman–Crippen LogP) is 1.75. The molecule has 0 radical (unpaired) electrons. The van der Waals surface area contributed by atoms with Gasteiger partial charge in [-0.05, 0) is 55.8 Å². The molecule has 7 heteroatoms. The van der Waals surface area contributed by atoms with Gasteiger partial charge in [-0.1, -0.05) is 0 Å². The van der Waals surface area contributed by atoms with E-state index in [1.807, 2.05) is 13.8 Å². The molecule has 0 unspecified atom stereocenters. The van der Waals surface area contributed by atoms with Gasteiger partial charge in [0, 0.05) is 24.0 Å². The number of ether oxygens (including phenoxy) is 1. The van der Waals surface area contributed by atoms with Crippen LogP contribution < -0.4 is 15.5 Å². The van der Waals surface area contributed by atoms with Crippen molar-refractivity contribution in [3.63, 3.8) is 0 Å². The monoisotopic (exact) mass is 340 g/mol. The van der Waals surface area contributed by atoms with Crippen LogP contribution >= 0.6 is 0 Å². The molecule has 0 aliphatic heterocycles. The molecule has 1 aromatic carbocycles. The molecule has 2 aromatic rings. The summed E-state index contributed by atoms with van der Waals surface area (Å²) in [7, 11) is 0. The first-order chi connectivity index (χ1) is 12.0. The van der Waals surface area contributed by atoms with Crippen LogP contribution in [0.15, 0.2) is 53.9 Å². The predicted molar refractivity (Wildman–Crippen MR) is 94.5 cm³/mol. The molecule has 0 atom stereocenters. The molecule has 1 heterocycles. The van der Waals surface area contributed by atoms with Gasteiger partial charge in [-0.15, -0.1) is 0 Å². The fraction of sp³-hybridized carbons (Fsp3) is 0.222. The molecular formula is C18H20N4O3. The van der Waals surface area contributed by atoms with E-state index in [1.54, 1.807) is 48.8 Å². The minimum Gasteiger partial charge on any atom is -0.484 e. The van der Waals surface area contributed by atoms with E-state index in [1.165, 1.54) is 6.21 Å². The van der Waals surface area contributed by atoms with Gasteiger partial charge in [-0.2, -0.15) is 5.10 Å². The maximum Gasteiger partial charge on any atom is 0.271 e. The van der Waals surface area contributed by atoms with E-state index in [9.17, 15) is 9.59 Å². The molecule has 0 bridgehead atoms. The van der Waals surface area contributed by atoms with Crippen LogP contribution in [-0.2, 0) is 4.79 Å². The number of carbonyl (C=O) groups excluding carboxylic acids is 2. The molecule has 0 aliphatic carbocycles. The quantitative estimate of drug-likeness (QED) is 0.593. The summed E-state index contributed by atoms with van der Waals surface area (Å²) in [6.07, 6.45) is 4.60. The van der Waals surface area contributed by atoms with E-state index in [4.69, 9.17) is 4.74 Å². The van der Waals surface area contributed by atoms with E-state index in [-0.39, 0.29) is 24.5 Å². The second kappa shape index (κ2) is 9.17.